The lowest BCUT2D eigenvalue weighted by atomic mass is 10.4. The van der Waals surface area contributed by atoms with Gasteiger partial charge in [-0.2, -0.15) is 15.5 Å². The van der Waals surface area contributed by atoms with E-state index in [9.17, 15) is 0 Å². The number of anilines is 1. The van der Waals surface area contributed by atoms with Gasteiger partial charge in [-0.1, -0.05) is 0 Å². The predicted molar refractivity (Wildman–Crippen MR) is 54.7 cm³/mol. The molecule has 7 nitrogen and oxygen atoms in total. The number of ether oxygens (including phenoxy) is 1. The SMILES string of the molecule is COc1ccnc(NNC=C(C#N)C#N)n1. The van der Waals surface area contributed by atoms with Crippen molar-refractivity contribution < 1.29 is 4.74 Å². The first-order valence-electron chi connectivity index (χ1n) is 4.19. The van der Waals surface area contributed by atoms with Crippen molar-refractivity contribution in [2.24, 2.45) is 0 Å². The maximum Gasteiger partial charge on any atom is 0.244 e. The van der Waals surface area contributed by atoms with Crippen molar-refractivity contribution in [3.8, 4) is 18.0 Å². The van der Waals surface area contributed by atoms with Gasteiger partial charge in [0.15, 0.2) is 0 Å². The van der Waals surface area contributed by atoms with E-state index in [-0.39, 0.29) is 11.5 Å². The number of hydrogen-bond donors (Lipinski definition) is 2. The van der Waals surface area contributed by atoms with Gasteiger partial charge >= 0.3 is 0 Å². The highest BCUT2D eigenvalue weighted by molar-refractivity contribution is 5.35. The van der Waals surface area contributed by atoms with Crippen LogP contribution in [0.15, 0.2) is 24.0 Å². The van der Waals surface area contributed by atoms with E-state index in [0.717, 1.165) is 0 Å². The number of aromatic nitrogens is 2. The molecule has 0 saturated heterocycles. The van der Waals surface area contributed by atoms with Gasteiger partial charge in [-0.05, 0) is 0 Å². The van der Waals surface area contributed by atoms with Gasteiger partial charge in [0, 0.05) is 18.5 Å². The number of methoxy groups -OCH3 is 1. The van der Waals surface area contributed by atoms with E-state index >= 15 is 0 Å². The largest absolute Gasteiger partial charge is 0.481 e. The minimum Gasteiger partial charge on any atom is -0.481 e. The molecule has 1 heterocycles. The summed E-state index contributed by atoms with van der Waals surface area (Å²) in [6.45, 7) is 0. The zero-order valence-electron chi connectivity index (χ0n) is 8.43. The summed E-state index contributed by atoms with van der Waals surface area (Å²) in [7, 11) is 1.49. The molecule has 0 bridgehead atoms. The molecular formula is C9H8N6O. The monoisotopic (exact) mass is 216 g/mol. The standard InChI is InChI=1S/C9H8N6O/c1-16-8-2-3-12-9(14-8)15-13-6-7(4-10)5-11/h2-3,6,13H,1H3,(H,12,14,15). The molecule has 0 radical (unpaired) electrons. The van der Waals surface area contributed by atoms with Crippen LogP contribution in [0.2, 0.25) is 0 Å². The van der Waals surface area contributed by atoms with Gasteiger partial charge in [0.05, 0.1) is 7.11 Å². The third-order valence-electron chi connectivity index (χ3n) is 1.48. The number of nitrogens with one attached hydrogen (secondary N) is 2. The molecule has 1 aromatic heterocycles. The van der Waals surface area contributed by atoms with E-state index in [4.69, 9.17) is 15.3 Å². The third-order valence-corrected chi connectivity index (χ3v) is 1.48. The number of hydrazine groups is 1. The number of nitrogens with zero attached hydrogens (tertiary/aromatic N) is 4. The molecule has 0 aliphatic carbocycles. The highest BCUT2D eigenvalue weighted by atomic mass is 16.5. The molecule has 0 atom stereocenters. The van der Waals surface area contributed by atoms with Crippen LogP contribution in [0.1, 0.15) is 0 Å². The summed E-state index contributed by atoms with van der Waals surface area (Å²) >= 11 is 0. The number of rotatable bonds is 4. The lowest BCUT2D eigenvalue weighted by molar-refractivity contribution is 0.397. The molecular weight excluding hydrogens is 208 g/mol. The Hall–Kier alpha value is -2.80. The van der Waals surface area contributed by atoms with Crippen LogP contribution in [0.4, 0.5) is 5.95 Å². The fourth-order valence-electron chi connectivity index (χ4n) is 0.778. The Morgan fingerprint density at radius 2 is 2.25 bits per heavy atom. The van der Waals surface area contributed by atoms with E-state index in [1.54, 1.807) is 18.2 Å². The Balaban J connectivity index is 2.59. The van der Waals surface area contributed by atoms with Crippen LogP contribution < -0.4 is 15.6 Å². The van der Waals surface area contributed by atoms with Gasteiger partial charge in [-0.15, -0.1) is 0 Å². The molecule has 0 aliphatic rings. The van der Waals surface area contributed by atoms with Crippen LogP contribution in [0, 0.1) is 22.7 Å². The van der Waals surface area contributed by atoms with Gasteiger partial charge in [0.1, 0.15) is 17.7 Å². The minimum atomic E-state index is -0.0598. The summed E-state index contributed by atoms with van der Waals surface area (Å²) in [5, 5.41) is 16.9. The molecule has 1 aromatic rings. The van der Waals surface area contributed by atoms with Crippen molar-refractivity contribution >= 4 is 5.95 Å². The van der Waals surface area contributed by atoms with Crippen molar-refractivity contribution in [3.63, 3.8) is 0 Å². The molecule has 0 aliphatic heterocycles. The lowest BCUT2D eigenvalue weighted by Crippen LogP contribution is -2.17. The van der Waals surface area contributed by atoms with Crippen LogP contribution in [0.25, 0.3) is 0 Å². The maximum absolute atomic E-state index is 8.45. The quantitative estimate of drug-likeness (QED) is 0.551. The summed E-state index contributed by atoms with van der Waals surface area (Å²) in [6, 6.07) is 4.98. The van der Waals surface area contributed by atoms with Crippen LogP contribution >= 0.6 is 0 Å². The third kappa shape index (κ3) is 3.16. The zero-order valence-corrected chi connectivity index (χ0v) is 8.43. The van der Waals surface area contributed by atoms with Gasteiger partial charge in [-0.25, -0.2) is 4.98 Å². The van der Waals surface area contributed by atoms with Crippen molar-refractivity contribution in [1.82, 2.24) is 15.4 Å². The molecule has 0 spiro atoms. The van der Waals surface area contributed by atoms with Crippen molar-refractivity contribution in [2.75, 3.05) is 12.5 Å². The molecule has 1 rings (SSSR count). The summed E-state index contributed by atoms with van der Waals surface area (Å²) in [5.74, 6) is 0.676. The van der Waals surface area contributed by atoms with Crippen LogP contribution in [-0.2, 0) is 0 Å². The Labute approximate surface area is 92.0 Å². The minimum absolute atomic E-state index is 0.0598. The normalized spacial score (nSPS) is 8.19. The second-order valence-electron chi connectivity index (χ2n) is 2.47. The molecule has 0 fully saturated rings. The van der Waals surface area contributed by atoms with Crippen LogP contribution in [0.5, 0.6) is 5.88 Å². The molecule has 0 saturated carbocycles. The van der Waals surface area contributed by atoms with Crippen molar-refractivity contribution in [2.45, 2.75) is 0 Å². The van der Waals surface area contributed by atoms with Gasteiger partial charge < -0.3 is 10.2 Å². The fraction of sp³-hybridized carbons (Fsp3) is 0.111. The second kappa shape index (κ2) is 5.83. The number of allylic oxidation sites excluding steroid dienone is 1. The molecule has 2 N–H and O–H groups in total. The Bertz CT molecular complexity index is 454. The van der Waals surface area contributed by atoms with Crippen LogP contribution in [0.3, 0.4) is 0 Å². The first kappa shape index (κ1) is 11.3. The maximum atomic E-state index is 8.45. The zero-order chi connectivity index (χ0) is 11.8. The van der Waals surface area contributed by atoms with Gasteiger partial charge in [0.2, 0.25) is 11.8 Å². The van der Waals surface area contributed by atoms with E-state index in [2.05, 4.69) is 20.8 Å². The predicted octanol–water partition coefficient (Wildman–Crippen LogP) is 0.333. The Morgan fingerprint density at radius 3 is 2.88 bits per heavy atom. The summed E-state index contributed by atoms with van der Waals surface area (Å²) in [4.78, 5) is 7.81. The smallest absolute Gasteiger partial charge is 0.244 e. The van der Waals surface area contributed by atoms with Gasteiger partial charge in [0.25, 0.3) is 0 Å². The summed E-state index contributed by atoms with van der Waals surface area (Å²) in [5.41, 5.74) is 5.05. The van der Waals surface area contributed by atoms with Crippen molar-refractivity contribution in [3.05, 3.63) is 24.0 Å². The van der Waals surface area contributed by atoms with Crippen LogP contribution in [-0.4, -0.2) is 17.1 Å². The summed E-state index contributed by atoms with van der Waals surface area (Å²) < 4.78 is 4.89. The van der Waals surface area contributed by atoms with E-state index in [0.29, 0.717) is 5.88 Å². The number of nitriles is 2. The highest BCUT2D eigenvalue weighted by Gasteiger charge is 1.96. The number of hydrogen-bond acceptors (Lipinski definition) is 7. The molecule has 0 unspecified atom stereocenters. The lowest BCUT2D eigenvalue weighted by Gasteiger charge is -2.04. The van der Waals surface area contributed by atoms with E-state index < -0.39 is 0 Å². The molecule has 0 aromatic carbocycles. The average molecular weight is 216 g/mol. The second-order valence-corrected chi connectivity index (χ2v) is 2.47. The average Bonchev–Trinajstić information content (AvgIpc) is 2.35. The molecule has 0 amide bonds. The molecule has 80 valence electrons. The molecule has 7 heteroatoms. The highest BCUT2D eigenvalue weighted by Crippen LogP contribution is 2.05. The Morgan fingerprint density at radius 1 is 1.50 bits per heavy atom. The van der Waals surface area contributed by atoms with Crippen molar-refractivity contribution in [1.29, 1.82) is 10.5 Å². The Kier molecular flexibility index (Phi) is 4.11. The topological polar surface area (TPSA) is 107 Å². The van der Waals surface area contributed by atoms with Gasteiger partial charge in [-0.3, -0.25) is 5.43 Å². The first-order chi connectivity index (χ1) is 7.80. The van der Waals surface area contributed by atoms with E-state index in [1.165, 1.54) is 19.5 Å². The summed E-state index contributed by atoms with van der Waals surface area (Å²) in [6.07, 6.45) is 2.72. The first-order valence-corrected chi connectivity index (χ1v) is 4.19. The fourth-order valence-corrected chi connectivity index (χ4v) is 0.778. The molecule has 16 heavy (non-hydrogen) atoms. The van der Waals surface area contributed by atoms with E-state index in [1.807, 2.05) is 0 Å².